The summed E-state index contributed by atoms with van der Waals surface area (Å²) < 4.78 is 28.4. The van der Waals surface area contributed by atoms with Gasteiger partial charge in [0.05, 0.1) is 10.8 Å². The van der Waals surface area contributed by atoms with Crippen molar-refractivity contribution >= 4 is 26.8 Å². The predicted octanol–water partition coefficient (Wildman–Crippen LogP) is 0.0247. The number of aromatic nitrogens is 6. The molecule has 3 aromatic rings. The molecule has 0 saturated carbocycles. The standard InChI is InChI=1S/C16H19N7O3S/c1-21-11-17-19-16(21)27(25,26)12-6-8-22(9-7-12)15(24)10-23-14-5-3-2-4-13(14)18-20-23/h2-5,11-12H,6-10H2,1H3. The Morgan fingerprint density at radius 2 is 1.93 bits per heavy atom. The number of para-hydroxylation sites is 1. The van der Waals surface area contributed by atoms with Crippen LogP contribution in [0.5, 0.6) is 0 Å². The third-order valence-electron chi connectivity index (χ3n) is 4.86. The lowest BCUT2D eigenvalue weighted by atomic mass is 10.1. The van der Waals surface area contributed by atoms with Gasteiger partial charge in [0.15, 0.2) is 0 Å². The van der Waals surface area contributed by atoms with Gasteiger partial charge in [-0.2, -0.15) is 0 Å². The van der Waals surface area contributed by atoms with E-state index < -0.39 is 15.1 Å². The van der Waals surface area contributed by atoms with Gasteiger partial charge in [-0.25, -0.2) is 13.1 Å². The topological polar surface area (TPSA) is 116 Å². The Morgan fingerprint density at radius 1 is 1.19 bits per heavy atom. The summed E-state index contributed by atoms with van der Waals surface area (Å²) in [5.74, 6) is -0.0971. The molecule has 1 aromatic carbocycles. The van der Waals surface area contributed by atoms with Crippen molar-refractivity contribution in [2.75, 3.05) is 13.1 Å². The maximum absolute atomic E-state index is 12.7. The first-order chi connectivity index (χ1) is 13.0. The first kappa shape index (κ1) is 17.6. The van der Waals surface area contributed by atoms with Gasteiger partial charge >= 0.3 is 0 Å². The maximum atomic E-state index is 12.7. The Bertz CT molecular complexity index is 1080. The van der Waals surface area contributed by atoms with E-state index in [1.807, 2.05) is 24.3 Å². The number of amides is 1. The van der Waals surface area contributed by atoms with E-state index in [0.717, 1.165) is 11.0 Å². The maximum Gasteiger partial charge on any atom is 0.249 e. The van der Waals surface area contributed by atoms with E-state index >= 15 is 0 Å². The number of rotatable bonds is 4. The molecule has 0 N–H and O–H groups in total. The van der Waals surface area contributed by atoms with Crippen LogP contribution in [0.15, 0.2) is 35.7 Å². The number of sulfone groups is 1. The zero-order valence-corrected chi connectivity index (χ0v) is 15.6. The third kappa shape index (κ3) is 3.18. The van der Waals surface area contributed by atoms with E-state index in [9.17, 15) is 13.2 Å². The van der Waals surface area contributed by atoms with Crippen molar-refractivity contribution in [3.8, 4) is 0 Å². The minimum atomic E-state index is -3.55. The van der Waals surface area contributed by atoms with Gasteiger partial charge in [-0.15, -0.1) is 15.3 Å². The molecule has 10 nitrogen and oxygen atoms in total. The van der Waals surface area contributed by atoms with Gasteiger partial charge < -0.3 is 9.47 Å². The van der Waals surface area contributed by atoms with Gasteiger partial charge in [-0.3, -0.25) is 4.79 Å². The summed E-state index contributed by atoms with van der Waals surface area (Å²) in [4.78, 5) is 14.3. The first-order valence-corrected chi connectivity index (χ1v) is 10.2. The molecule has 0 spiro atoms. The molecule has 0 bridgehead atoms. The fourth-order valence-corrected chi connectivity index (χ4v) is 5.10. The Hall–Kier alpha value is -2.82. The van der Waals surface area contributed by atoms with Gasteiger partial charge in [0, 0.05) is 20.1 Å². The Balaban J connectivity index is 1.42. The molecule has 27 heavy (non-hydrogen) atoms. The summed E-state index contributed by atoms with van der Waals surface area (Å²) >= 11 is 0. The second-order valence-electron chi connectivity index (χ2n) is 6.59. The molecular weight excluding hydrogens is 370 g/mol. The van der Waals surface area contributed by atoms with Crippen LogP contribution in [-0.2, 0) is 28.2 Å². The summed E-state index contributed by atoms with van der Waals surface area (Å²) in [6, 6.07) is 7.44. The SMILES string of the molecule is Cn1cnnc1S(=O)(=O)C1CCN(C(=O)Cn2nnc3ccccc32)CC1. The van der Waals surface area contributed by atoms with Crippen LogP contribution in [0.1, 0.15) is 12.8 Å². The third-order valence-corrected chi connectivity index (χ3v) is 7.09. The summed E-state index contributed by atoms with van der Waals surface area (Å²) in [6.45, 7) is 0.849. The van der Waals surface area contributed by atoms with Gasteiger partial charge in [0.1, 0.15) is 18.4 Å². The van der Waals surface area contributed by atoms with Gasteiger partial charge in [0.2, 0.25) is 20.9 Å². The number of hydrogen-bond acceptors (Lipinski definition) is 7. The van der Waals surface area contributed by atoms with Gasteiger partial charge in [-0.1, -0.05) is 17.3 Å². The lowest BCUT2D eigenvalue weighted by Gasteiger charge is -2.31. The lowest BCUT2D eigenvalue weighted by Crippen LogP contribution is -2.44. The van der Waals surface area contributed by atoms with Gasteiger partial charge in [0.25, 0.3) is 0 Å². The van der Waals surface area contributed by atoms with E-state index in [-0.39, 0.29) is 17.6 Å². The monoisotopic (exact) mass is 389 g/mol. The van der Waals surface area contributed by atoms with E-state index in [2.05, 4.69) is 20.5 Å². The molecule has 0 aliphatic carbocycles. The van der Waals surface area contributed by atoms with Crippen molar-refractivity contribution < 1.29 is 13.2 Å². The van der Waals surface area contributed by atoms with Crippen molar-refractivity contribution in [2.24, 2.45) is 7.05 Å². The largest absolute Gasteiger partial charge is 0.341 e. The van der Waals surface area contributed by atoms with Crippen LogP contribution in [0.4, 0.5) is 0 Å². The summed E-state index contributed by atoms with van der Waals surface area (Å²) in [6.07, 6.45) is 2.12. The second kappa shape index (κ2) is 6.72. The Morgan fingerprint density at radius 3 is 2.63 bits per heavy atom. The van der Waals surface area contributed by atoms with Crippen LogP contribution >= 0.6 is 0 Å². The van der Waals surface area contributed by atoms with Crippen LogP contribution in [0, 0.1) is 0 Å². The van der Waals surface area contributed by atoms with Crippen molar-refractivity contribution in [2.45, 2.75) is 29.8 Å². The Kier molecular flexibility index (Phi) is 4.38. The lowest BCUT2D eigenvalue weighted by molar-refractivity contribution is -0.132. The molecule has 1 aliphatic rings. The van der Waals surface area contributed by atoms with Crippen molar-refractivity contribution in [1.82, 2.24) is 34.7 Å². The number of carbonyl (C=O) groups is 1. The Labute approximate surface area is 155 Å². The zero-order chi connectivity index (χ0) is 19.0. The predicted molar refractivity (Wildman–Crippen MR) is 95.3 cm³/mol. The number of carbonyl (C=O) groups excluding carboxylic acids is 1. The minimum absolute atomic E-state index is 0.0265. The van der Waals surface area contributed by atoms with Crippen LogP contribution in [-0.4, -0.2) is 67.3 Å². The van der Waals surface area contributed by atoms with Gasteiger partial charge in [-0.05, 0) is 25.0 Å². The summed E-state index contributed by atoms with van der Waals surface area (Å²) in [5.41, 5.74) is 1.53. The van der Waals surface area contributed by atoms with Crippen LogP contribution in [0.25, 0.3) is 11.0 Å². The van der Waals surface area contributed by atoms with Crippen molar-refractivity contribution in [1.29, 1.82) is 0 Å². The number of aryl methyl sites for hydroxylation is 1. The number of hydrogen-bond donors (Lipinski definition) is 0. The highest BCUT2D eigenvalue weighted by atomic mass is 32.2. The fourth-order valence-electron chi connectivity index (χ4n) is 3.36. The molecule has 0 atom stereocenters. The number of nitrogens with zero attached hydrogens (tertiary/aromatic N) is 7. The molecule has 1 fully saturated rings. The number of likely N-dealkylation sites (tertiary alicyclic amines) is 1. The molecule has 142 valence electrons. The minimum Gasteiger partial charge on any atom is -0.341 e. The number of benzene rings is 1. The quantitative estimate of drug-likeness (QED) is 0.618. The highest BCUT2D eigenvalue weighted by Crippen LogP contribution is 2.23. The smallest absolute Gasteiger partial charge is 0.249 e. The van der Waals surface area contributed by atoms with E-state index in [1.165, 1.54) is 10.9 Å². The van der Waals surface area contributed by atoms with E-state index in [1.54, 1.807) is 16.6 Å². The van der Waals surface area contributed by atoms with Crippen LogP contribution in [0.2, 0.25) is 0 Å². The molecule has 0 unspecified atom stereocenters. The molecule has 1 saturated heterocycles. The normalized spacial score (nSPS) is 16.1. The molecule has 3 heterocycles. The molecule has 0 radical (unpaired) electrons. The molecule has 2 aromatic heterocycles. The number of piperidine rings is 1. The second-order valence-corrected chi connectivity index (χ2v) is 8.71. The van der Waals surface area contributed by atoms with Crippen LogP contribution < -0.4 is 0 Å². The van der Waals surface area contributed by atoms with E-state index in [4.69, 9.17) is 0 Å². The zero-order valence-electron chi connectivity index (χ0n) is 14.8. The highest BCUT2D eigenvalue weighted by Gasteiger charge is 2.35. The fraction of sp³-hybridized carbons (Fsp3) is 0.438. The van der Waals surface area contributed by atoms with Crippen LogP contribution in [0.3, 0.4) is 0 Å². The number of fused-ring (bicyclic) bond motifs is 1. The average Bonchev–Trinajstić information content (AvgIpc) is 3.29. The molecule has 1 amide bonds. The average molecular weight is 389 g/mol. The van der Waals surface area contributed by atoms with E-state index in [0.29, 0.717) is 25.9 Å². The molecule has 11 heteroatoms. The highest BCUT2D eigenvalue weighted by molar-refractivity contribution is 7.91. The molecular formula is C16H19N7O3S. The summed E-state index contributed by atoms with van der Waals surface area (Å²) in [5, 5.41) is 14.9. The first-order valence-electron chi connectivity index (χ1n) is 8.61. The van der Waals surface area contributed by atoms with Crippen molar-refractivity contribution in [3.05, 3.63) is 30.6 Å². The molecule has 4 rings (SSSR count). The molecule has 1 aliphatic heterocycles. The summed E-state index contributed by atoms with van der Waals surface area (Å²) in [7, 11) is -1.95. The van der Waals surface area contributed by atoms with Crippen molar-refractivity contribution in [3.63, 3.8) is 0 Å².